The molecule has 0 radical (unpaired) electrons. The van der Waals surface area contributed by atoms with Gasteiger partial charge in [0.1, 0.15) is 29.9 Å². The van der Waals surface area contributed by atoms with Crippen LogP contribution in [0.15, 0.2) is 34.7 Å². The summed E-state index contributed by atoms with van der Waals surface area (Å²) in [6.07, 6.45) is 0. The molecule has 0 bridgehead atoms. The average molecular weight is 318 g/mol. The SMILES string of the molecule is Cc1oc(C(=O)[O-])cc1C[NH+]1CCN(c2ccccc2F)CC1. The molecule has 1 aliphatic heterocycles. The first-order valence-corrected chi connectivity index (χ1v) is 7.68. The predicted octanol–water partition coefficient (Wildman–Crippen LogP) is -0.00428. The van der Waals surface area contributed by atoms with E-state index in [0.717, 1.165) is 31.7 Å². The van der Waals surface area contributed by atoms with Gasteiger partial charge < -0.3 is 24.1 Å². The Morgan fingerprint density at radius 1 is 1.35 bits per heavy atom. The van der Waals surface area contributed by atoms with Crippen LogP contribution in [0.25, 0.3) is 0 Å². The summed E-state index contributed by atoms with van der Waals surface area (Å²) in [7, 11) is 0. The lowest BCUT2D eigenvalue weighted by atomic mass is 10.2. The number of aromatic carboxylic acids is 1. The number of anilines is 1. The fraction of sp³-hybridized carbons (Fsp3) is 0.353. The van der Waals surface area contributed by atoms with Crippen LogP contribution in [0.5, 0.6) is 0 Å². The van der Waals surface area contributed by atoms with E-state index in [4.69, 9.17) is 4.42 Å². The normalized spacial score (nSPS) is 15.8. The Hall–Kier alpha value is -2.34. The van der Waals surface area contributed by atoms with Crippen molar-refractivity contribution in [3.63, 3.8) is 0 Å². The van der Waals surface area contributed by atoms with Crippen LogP contribution >= 0.6 is 0 Å². The second kappa shape index (κ2) is 6.42. The smallest absolute Gasteiger partial charge is 0.150 e. The van der Waals surface area contributed by atoms with Crippen molar-refractivity contribution in [3.8, 4) is 0 Å². The molecule has 1 aliphatic rings. The number of furan rings is 1. The van der Waals surface area contributed by atoms with E-state index >= 15 is 0 Å². The lowest BCUT2D eigenvalue weighted by molar-refractivity contribution is -0.914. The van der Waals surface area contributed by atoms with Gasteiger partial charge in [0.15, 0.2) is 0 Å². The molecule has 1 saturated heterocycles. The maximum absolute atomic E-state index is 13.8. The number of nitrogens with one attached hydrogen (secondary N) is 1. The van der Waals surface area contributed by atoms with Crippen molar-refractivity contribution in [2.45, 2.75) is 13.5 Å². The van der Waals surface area contributed by atoms with Crippen LogP contribution in [0.1, 0.15) is 21.9 Å². The molecule has 1 aromatic carbocycles. The fourth-order valence-corrected chi connectivity index (χ4v) is 3.01. The van der Waals surface area contributed by atoms with E-state index in [0.29, 0.717) is 18.0 Å². The second-order valence-electron chi connectivity index (χ2n) is 5.84. The first kappa shape index (κ1) is 15.6. The summed E-state index contributed by atoms with van der Waals surface area (Å²) < 4.78 is 19.0. The molecule has 0 saturated carbocycles. The minimum Gasteiger partial charge on any atom is -0.542 e. The van der Waals surface area contributed by atoms with Crippen LogP contribution in [-0.4, -0.2) is 32.1 Å². The Morgan fingerprint density at radius 3 is 2.65 bits per heavy atom. The monoisotopic (exact) mass is 318 g/mol. The van der Waals surface area contributed by atoms with Gasteiger partial charge >= 0.3 is 0 Å². The van der Waals surface area contributed by atoms with Crippen molar-refractivity contribution >= 4 is 11.7 Å². The topological polar surface area (TPSA) is 60.9 Å². The van der Waals surface area contributed by atoms with Crippen LogP contribution in [0.2, 0.25) is 0 Å². The third-order valence-corrected chi connectivity index (χ3v) is 4.33. The van der Waals surface area contributed by atoms with Crippen LogP contribution in [0.4, 0.5) is 10.1 Å². The summed E-state index contributed by atoms with van der Waals surface area (Å²) in [5, 5.41) is 10.8. The standard InChI is InChI=1S/C17H19FN2O3/c1-12-13(10-16(23-12)17(21)22)11-19-6-8-20(9-7-19)15-5-3-2-4-14(15)18/h2-5,10H,6-9,11H2,1H3,(H,21,22). The Bertz CT molecular complexity index is 706. The minimum atomic E-state index is -1.29. The van der Waals surface area contributed by atoms with Crippen molar-refractivity contribution in [3.05, 3.63) is 53.2 Å². The Labute approximate surface area is 133 Å². The highest BCUT2D eigenvalue weighted by Gasteiger charge is 2.23. The third-order valence-electron chi connectivity index (χ3n) is 4.33. The molecule has 122 valence electrons. The highest BCUT2D eigenvalue weighted by Crippen LogP contribution is 2.18. The maximum Gasteiger partial charge on any atom is 0.150 e. The van der Waals surface area contributed by atoms with Gasteiger partial charge in [-0.1, -0.05) is 12.1 Å². The number of carboxylic acids is 1. The Kier molecular flexibility index (Phi) is 4.34. The van der Waals surface area contributed by atoms with Crippen LogP contribution in [0, 0.1) is 12.7 Å². The van der Waals surface area contributed by atoms with Gasteiger partial charge in [0.05, 0.1) is 31.9 Å². The van der Waals surface area contributed by atoms with Crippen LogP contribution < -0.4 is 14.9 Å². The van der Waals surface area contributed by atoms with Gasteiger partial charge in [0.25, 0.3) is 0 Å². The Balaban J connectivity index is 1.61. The molecule has 0 atom stereocenters. The average Bonchev–Trinajstić information content (AvgIpc) is 2.90. The molecule has 23 heavy (non-hydrogen) atoms. The summed E-state index contributed by atoms with van der Waals surface area (Å²) >= 11 is 0. The number of halogens is 1. The van der Waals surface area contributed by atoms with Gasteiger partial charge in [-0.05, 0) is 25.1 Å². The molecule has 2 heterocycles. The number of carbonyl (C=O) groups excluding carboxylic acids is 1. The van der Waals surface area contributed by atoms with Crippen LogP contribution in [-0.2, 0) is 6.54 Å². The molecule has 1 aromatic heterocycles. The number of nitrogens with zero attached hydrogens (tertiary/aromatic N) is 1. The summed E-state index contributed by atoms with van der Waals surface area (Å²) in [6, 6.07) is 8.35. The van der Waals surface area contributed by atoms with Gasteiger partial charge in [0, 0.05) is 5.56 Å². The number of carboxylic acid groups (broad SMARTS) is 1. The molecule has 0 unspecified atom stereocenters. The zero-order valence-electron chi connectivity index (χ0n) is 13.0. The van der Waals surface area contributed by atoms with E-state index < -0.39 is 5.97 Å². The summed E-state index contributed by atoms with van der Waals surface area (Å²) in [5.41, 5.74) is 1.53. The number of carbonyl (C=O) groups is 1. The van der Waals surface area contributed by atoms with Gasteiger partial charge in [0.2, 0.25) is 0 Å². The van der Waals surface area contributed by atoms with Crippen molar-refractivity contribution < 1.29 is 23.6 Å². The molecule has 0 aliphatic carbocycles. The molecule has 2 aromatic rings. The predicted molar refractivity (Wildman–Crippen MR) is 80.8 cm³/mol. The lowest BCUT2D eigenvalue weighted by Crippen LogP contribution is -3.13. The van der Waals surface area contributed by atoms with Gasteiger partial charge in [-0.2, -0.15) is 0 Å². The maximum atomic E-state index is 13.8. The third kappa shape index (κ3) is 3.37. The molecule has 6 heteroatoms. The van der Waals surface area contributed by atoms with E-state index in [1.807, 2.05) is 11.0 Å². The fourth-order valence-electron chi connectivity index (χ4n) is 3.01. The highest BCUT2D eigenvalue weighted by atomic mass is 19.1. The number of hydrogen-bond acceptors (Lipinski definition) is 4. The number of benzene rings is 1. The first-order valence-electron chi connectivity index (χ1n) is 7.68. The van der Waals surface area contributed by atoms with Crippen LogP contribution in [0.3, 0.4) is 0 Å². The van der Waals surface area contributed by atoms with Gasteiger partial charge in [-0.25, -0.2) is 4.39 Å². The summed E-state index contributed by atoms with van der Waals surface area (Å²) in [4.78, 5) is 14.2. The molecule has 0 amide bonds. The number of hydrogen-bond donors (Lipinski definition) is 1. The molecular weight excluding hydrogens is 299 g/mol. The molecule has 1 fully saturated rings. The summed E-state index contributed by atoms with van der Waals surface area (Å²) in [5.74, 6) is -0.992. The van der Waals surface area contributed by atoms with E-state index in [9.17, 15) is 14.3 Å². The number of piperazine rings is 1. The number of rotatable bonds is 4. The number of quaternary nitrogens is 1. The Morgan fingerprint density at radius 2 is 2.04 bits per heavy atom. The quantitative estimate of drug-likeness (QED) is 0.862. The lowest BCUT2D eigenvalue weighted by Gasteiger charge is -2.33. The number of aryl methyl sites for hydroxylation is 1. The van der Waals surface area contributed by atoms with E-state index in [2.05, 4.69) is 0 Å². The van der Waals surface area contributed by atoms with E-state index in [1.165, 1.54) is 11.0 Å². The highest BCUT2D eigenvalue weighted by molar-refractivity contribution is 5.82. The van der Waals surface area contributed by atoms with Crippen molar-refractivity contribution in [1.29, 1.82) is 0 Å². The van der Waals surface area contributed by atoms with Crippen molar-refractivity contribution in [1.82, 2.24) is 0 Å². The van der Waals surface area contributed by atoms with E-state index in [1.54, 1.807) is 25.1 Å². The molecule has 0 spiro atoms. The minimum absolute atomic E-state index is 0.123. The zero-order chi connectivity index (χ0) is 16.4. The van der Waals surface area contributed by atoms with Gasteiger partial charge in [-0.15, -0.1) is 0 Å². The van der Waals surface area contributed by atoms with Crippen molar-refractivity contribution in [2.75, 3.05) is 31.1 Å². The molecule has 3 rings (SSSR count). The van der Waals surface area contributed by atoms with E-state index in [-0.39, 0.29) is 11.6 Å². The number of para-hydroxylation sites is 1. The second-order valence-corrected chi connectivity index (χ2v) is 5.84. The zero-order valence-corrected chi connectivity index (χ0v) is 13.0. The van der Waals surface area contributed by atoms with Gasteiger partial charge in [-0.3, -0.25) is 0 Å². The largest absolute Gasteiger partial charge is 0.542 e. The summed E-state index contributed by atoms with van der Waals surface area (Å²) in [6.45, 7) is 5.71. The first-order chi connectivity index (χ1) is 11.0. The molecule has 5 nitrogen and oxygen atoms in total. The molecule has 1 N–H and O–H groups in total. The van der Waals surface area contributed by atoms with Crippen molar-refractivity contribution in [2.24, 2.45) is 0 Å². The molecular formula is C17H19FN2O3.